The van der Waals surface area contributed by atoms with Gasteiger partial charge in [0.05, 0.1) is 0 Å². The van der Waals surface area contributed by atoms with E-state index in [1.807, 2.05) is 0 Å². The van der Waals surface area contributed by atoms with Crippen LogP contribution < -0.4 is 0 Å². The Bertz CT molecular complexity index is 298. The highest BCUT2D eigenvalue weighted by molar-refractivity contribution is 5.98. The normalized spacial score (nSPS) is 25.9. The Hall–Kier alpha value is -1.10. The van der Waals surface area contributed by atoms with Gasteiger partial charge in [0.2, 0.25) is 0 Å². The van der Waals surface area contributed by atoms with Gasteiger partial charge in [-0.15, -0.1) is 0 Å². The Labute approximate surface area is 100 Å². The molecule has 5 nitrogen and oxygen atoms in total. The van der Waals surface area contributed by atoms with Crippen molar-refractivity contribution >= 4 is 11.9 Å². The van der Waals surface area contributed by atoms with Crippen LogP contribution in [0.4, 0.5) is 0 Å². The molecule has 2 rings (SSSR count). The van der Waals surface area contributed by atoms with Crippen LogP contribution in [0.15, 0.2) is 0 Å². The van der Waals surface area contributed by atoms with E-state index < -0.39 is 17.4 Å². The van der Waals surface area contributed by atoms with E-state index in [-0.39, 0.29) is 12.8 Å². The Morgan fingerprint density at radius 2 is 1.47 bits per heavy atom. The second-order valence-corrected chi connectivity index (χ2v) is 5.17. The molecular weight excluding hydrogens is 222 g/mol. The van der Waals surface area contributed by atoms with Crippen molar-refractivity contribution in [2.24, 2.45) is 5.41 Å². The minimum absolute atomic E-state index is 0.230. The maximum atomic E-state index is 11.1. The monoisotopic (exact) mass is 241 g/mol. The average molecular weight is 241 g/mol. The number of carboxylic acid groups (broad SMARTS) is 2. The fraction of sp³-hybridized carbons (Fsp3) is 0.833. The first kappa shape index (κ1) is 12.4. The van der Waals surface area contributed by atoms with E-state index in [0.717, 1.165) is 0 Å². The molecule has 17 heavy (non-hydrogen) atoms. The fourth-order valence-electron chi connectivity index (χ4n) is 3.06. The van der Waals surface area contributed by atoms with Crippen LogP contribution in [-0.4, -0.2) is 46.2 Å². The van der Waals surface area contributed by atoms with Gasteiger partial charge in [-0.25, -0.2) is 0 Å². The minimum Gasteiger partial charge on any atom is -0.480 e. The molecule has 96 valence electrons. The maximum absolute atomic E-state index is 11.1. The molecule has 5 heteroatoms. The van der Waals surface area contributed by atoms with Crippen LogP contribution in [0, 0.1) is 5.41 Å². The lowest BCUT2D eigenvalue weighted by molar-refractivity contribution is -0.168. The number of rotatable bonds is 3. The van der Waals surface area contributed by atoms with Gasteiger partial charge in [0.15, 0.2) is 5.41 Å². The summed E-state index contributed by atoms with van der Waals surface area (Å²) in [6, 6.07) is 0.551. The second-order valence-electron chi connectivity index (χ2n) is 5.17. The first-order valence-electron chi connectivity index (χ1n) is 6.27. The molecule has 2 N–H and O–H groups in total. The third-order valence-electron chi connectivity index (χ3n) is 4.31. The molecule has 0 bridgehead atoms. The summed E-state index contributed by atoms with van der Waals surface area (Å²) in [5.74, 6) is -2.37. The first-order chi connectivity index (χ1) is 8.06. The summed E-state index contributed by atoms with van der Waals surface area (Å²) >= 11 is 0. The molecule has 0 atom stereocenters. The lowest BCUT2D eigenvalue weighted by Gasteiger charge is -2.39. The molecule has 1 aliphatic heterocycles. The average Bonchev–Trinajstić information content (AvgIpc) is 2.82. The largest absolute Gasteiger partial charge is 0.480 e. The summed E-state index contributed by atoms with van der Waals surface area (Å²) in [4.78, 5) is 24.6. The standard InChI is InChI=1S/C12H19NO4/c14-10(15)12(11(16)17)5-7-13(8-6-12)9-3-1-2-4-9/h9H,1-8H2,(H,14,15)(H,16,17). The maximum Gasteiger partial charge on any atom is 0.321 e. The van der Waals surface area contributed by atoms with E-state index in [4.69, 9.17) is 10.2 Å². The molecule has 2 fully saturated rings. The van der Waals surface area contributed by atoms with Crippen molar-refractivity contribution < 1.29 is 19.8 Å². The summed E-state index contributed by atoms with van der Waals surface area (Å²) in [5.41, 5.74) is -1.55. The Morgan fingerprint density at radius 1 is 1.00 bits per heavy atom. The van der Waals surface area contributed by atoms with Gasteiger partial charge in [-0.05, 0) is 25.7 Å². The van der Waals surface area contributed by atoms with Gasteiger partial charge in [0.1, 0.15) is 0 Å². The van der Waals surface area contributed by atoms with Gasteiger partial charge in [-0.3, -0.25) is 9.59 Å². The Morgan fingerprint density at radius 3 is 1.88 bits per heavy atom. The molecule has 0 radical (unpaired) electrons. The number of hydrogen-bond acceptors (Lipinski definition) is 3. The Balaban J connectivity index is 2.00. The highest BCUT2D eigenvalue weighted by atomic mass is 16.4. The van der Waals surface area contributed by atoms with Crippen molar-refractivity contribution in [2.75, 3.05) is 13.1 Å². The summed E-state index contributed by atoms with van der Waals surface area (Å²) in [6.45, 7) is 1.20. The summed E-state index contributed by atoms with van der Waals surface area (Å²) in [7, 11) is 0. The number of carboxylic acids is 2. The molecule has 0 aromatic carbocycles. The van der Waals surface area contributed by atoms with Crippen LogP contribution >= 0.6 is 0 Å². The molecular formula is C12H19NO4. The third kappa shape index (κ3) is 2.16. The highest BCUT2D eigenvalue weighted by Gasteiger charge is 2.49. The SMILES string of the molecule is O=C(O)C1(C(=O)O)CCN(C2CCCC2)CC1. The van der Waals surface area contributed by atoms with E-state index in [1.54, 1.807) is 0 Å². The van der Waals surface area contributed by atoms with Crippen LogP contribution in [0.2, 0.25) is 0 Å². The van der Waals surface area contributed by atoms with Crippen molar-refractivity contribution in [3.8, 4) is 0 Å². The summed E-state index contributed by atoms with van der Waals surface area (Å²) in [6.07, 6.45) is 5.29. The van der Waals surface area contributed by atoms with Crippen LogP contribution in [0.5, 0.6) is 0 Å². The molecule has 2 aliphatic rings. The van der Waals surface area contributed by atoms with E-state index in [1.165, 1.54) is 25.7 Å². The van der Waals surface area contributed by atoms with Gasteiger partial charge in [0, 0.05) is 19.1 Å². The minimum atomic E-state index is -1.55. The fourth-order valence-corrected chi connectivity index (χ4v) is 3.06. The van der Waals surface area contributed by atoms with E-state index in [0.29, 0.717) is 19.1 Å². The predicted molar refractivity (Wildman–Crippen MR) is 60.8 cm³/mol. The van der Waals surface area contributed by atoms with Gasteiger partial charge in [0.25, 0.3) is 0 Å². The molecule has 1 saturated heterocycles. The van der Waals surface area contributed by atoms with Crippen LogP contribution in [0.25, 0.3) is 0 Å². The molecule has 0 unspecified atom stereocenters. The zero-order chi connectivity index (χ0) is 12.5. The van der Waals surface area contributed by atoms with E-state index in [2.05, 4.69) is 4.90 Å². The van der Waals surface area contributed by atoms with Crippen molar-refractivity contribution in [2.45, 2.75) is 44.6 Å². The smallest absolute Gasteiger partial charge is 0.321 e. The third-order valence-corrected chi connectivity index (χ3v) is 4.31. The molecule has 0 amide bonds. The number of hydrogen-bond donors (Lipinski definition) is 2. The second kappa shape index (κ2) is 4.64. The van der Waals surface area contributed by atoms with Crippen LogP contribution in [0.1, 0.15) is 38.5 Å². The van der Waals surface area contributed by atoms with Crippen LogP contribution in [0.3, 0.4) is 0 Å². The quantitative estimate of drug-likeness (QED) is 0.725. The topological polar surface area (TPSA) is 77.8 Å². The summed E-state index contributed by atoms with van der Waals surface area (Å²) in [5, 5.41) is 18.2. The van der Waals surface area contributed by atoms with Gasteiger partial charge >= 0.3 is 11.9 Å². The molecule has 1 aliphatic carbocycles. The summed E-state index contributed by atoms with van der Waals surface area (Å²) < 4.78 is 0. The van der Waals surface area contributed by atoms with E-state index >= 15 is 0 Å². The molecule has 0 aromatic rings. The lowest BCUT2D eigenvalue weighted by Crippen LogP contribution is -2.51. The first-order valence-corrected chi connectivity index (χ1v) is 6.27. The van der Waals surface area contributed by atoms with Crippen molar-refractivity contribution in [1.82, 2.24) is 4.90 Å². The Kier molecular flexibility index (Phi) is 3.38. The zero-order valence-electron chi connectivity index (χ0n) is 9.89. The van der Waals surface area contributed by atoms with Gasteiger partial charge in [-0.2, -0.15) is 0 Å². The van der Waals surface area contributed by atoms with E-state index in [9.17, 15) is 9.59 Å². The highest BCUT2D eigenvalue weighted by Crippen LogP contribution is 2.35. The predicted octanol–water partition coefficient (Wildman–Crippen LogP) is 1.18. The number of aliphatic carboxylic acids is 2. The van der Waals surface area contributed by atoms with Crippen LogP contribution in [-0.2, 0) is 9.59 Å². The number of nitrogens with zero attached hydrogens (tertiary/aromatic N) is 1. The van der Waals surface area contributed by atoms with Gasteiger partial charge < -0.3 is 15.1 Å². The van der Waals surface area contributed by atoms with Crippen molar-refractivity contribution in [3.63, 3.8) is 0 Å². The van der Waals surface area contributed by atoms with Gasteiger partial charge in [-0.1, -0.05) is 12.8 Å². The molecule has 1 saturated carbocycles. The molecule has 0 aromatic heterocycles. The number of likely N-dealkylation sites (tertiary alicyclic amines) is 1. The van der Waals surface area contributed by atoms with Crippen molar-refractivity contribution in [3.05, 3.63) is 0 Å². The molecule has 1 heterocycles. The lowest BCUT2D eigenvalue weighted by atomic mass is 9.78. The number of piperidine rings is 1. The van der Waals surface area contributed by atoms with Crippen molar-refractivity contribution in [1.29, 1.82) is 0 Å². The zero-order valence-corrected chi connectivity index (χ0v) is 9.89. The number of carbonyl (C=O) groups is 2. The molecule has 0 spiro atoms.